The highest BCUT2D eigenvalue weighted by molar-refractivity contribution is 7.89. The van der Waals surface area contributed by atoms with E-state index in [1.165, 1.54) is 0 Å². The zero-order chi connectivity index (χ0) is 14.2. The van der Waals surface area contributed by atoms with E-state index >= 15 is 0 Å². The molecule has 1 saturated heterocycles. The van der Waals surface area contributed by atoms with Gasteiger partial charge in [-0.1, -0.05) is 17.9 Å². The fourth-order valence-corrected chi connectivity index (χ4v) is 4.97. The number of piperidine rings is 1. The highest BCUT2D eigenvalue weighted by Crippen LogP contribution is 2.40. The maximum atomic E-state index is 12.7. The van der Waals surface area contributed by atoms with Crippen LogP contribution in [0.3, 0.4) is 0 Å². The lowest BCUT2D eigenvalue weighted by Crippen LogP contribution is -2.37. The molecule has 0 aromatic heterocycles. The largest absolute Gasteiger partial charge is 0.384 e. The standard InChI is InChI=1S/C15H17NO3S/c17-8-2-4-12-3-1-5-15(10-12)20(18,19)16-11-13-6-7-14(16)9-13/h1,3,5,10,13-14,17H,6-9,11H2. The van der Waals surface area contributed by atoms with Crippen LogP contribution in [-0.4, -0.2) is 37.0 Å². The van der Waals surface area contributed by atoms with Gasteiger partial charge in [-0.3, -0.25) is 0 Å². The Morgan fingerprint density at radius 2 is 2.20 bits per heavy atom. The van der Waals surface area contributed by atoms with E-state index in [1.54, 1.807) is 28.6 Å². The summed E-state index contributed by atoms with van der Waals surface area (Å²) in [6, 6.07) is 6.83. The highest BCUT2D eigenvalue weighted by atomic mass is 32.2. The van der Waals surface area contributed by atoms with Crippen LogP contribution in [0.15, 0.2) is 29.2 Å². The molecule has 106 valence electrons. The second kappa shape index (κ2) is 5.21. The van der Waals surface area contributed by atoms with Crippen molar-refractivity contribution in [1.29, 1.82) is 0 Å². The van der Waals surface area contributed by atoms with Gasteiger partial charge in [0.1, 0.15) is 6.61 Å². The van der Waals surface area contributed by atoms with E-state index in [9.17, 15) is 8.42 Å². The van der Waals surface area contributed by atoms with Crippen molar-refractivity contribution >= 4 is 10.0 Å². The quantitative estimate of drug-likeness (QED) is 0.833. The van der Waals surface area contributed by atoms with Crippen molar-refractivity contribution < 1.29 is 13.5 Å². The maximum absolute atomic E-state index is 12.7. The van der Waals surface area contributed by atoms with Gasteiger partial charge >= 0.3 is 0 Å². The highest BCUT2D eigenvalue weighted by Gasteiger charge is 2.44. The van der Waals surface area contributed by atoms with E-state index in [-0.39, 0.29) is 12.6 Å². The van der Waals surface area contributed by atoms with Gasteiger partial charge in [-0.2, -0.15) is 4.31 Å². The van der Waals surface area contributed by atoms with E-state index in [0.717, 1.165) is 19.3 Å². The van der Waals surface area contributed by atoms with Crippen LogP contribution >= 0.6 is 0 Å². The minimum atomic E-state index is -3.41. The van der Waals surface area contributed by atoms with Crippen molar-refractivity contribution in [2.75, 3.05) is 13.2 Å². The molecule has 2 bridgehead atoms. The molecule has 1 saturated carbocycles. The van der Waals surface area contributed by atoms with Crippen LogP contribution in [0.2, 0.25) is 0 Å². The molecule has 1 heterocycles. The lowest BCUT2D eigenvalue weighted by atomic mass is 10.1. The summed E-state index contributed by atoms with van der Waals surface area (Å²) in [6.07, 6.45) is 3.13. The van der Waals surface area contributed by atoms with E-state index in [1.807, 2.05) is 0 Å². The van der Waals surface area contributed by atoms with Gasteiger partial charge in [0.2, 0.25) is 10.0 Å². The first-order valence-corrected chi connectivity index (χ1v) is 8.27. The Labute approximate surface area is 119 Å². The first-order valence-electron chi connectivity index (χ1n) is 6.83. The van der Waals surface area contributed by atoms with Crippen molar-refractivity contribution in [3.05, 3.63) is 29.8 Å². The van der Waals surface area contributed by atoms with Gasteiger partial charge in [-0.25, -0.2) is 8.42 Å². The molecule has 1 aromatic rings. The van der Waals surface area contributed by atoms with Crippen LogP contribution in [0, 0.1) is 17.8 Å². The number of aliphatic hydroxyl groups excluding tert-OH is 1. The van der Waals surface area contributed by atoms with Gasteiger partial charge in [0.15, 0.2) is 0 Å². The molecule has 2 atom stereocenters. The Bertz CT molecular complexity index is 672. The van der Waals surface area contributed by atoms with Gasteiger partial charge in [-0.05, 0) is 43.4 Å². The number of hydrogen-bond acceptors (Lipinski definition) is 3. The van der Waals surface area contributed by atoms with Crippen LogP contribution < -0.4 is 0 Å². The van der Waals surface area contributed by atoms with Gasteiger partial charge in [0, 0.05) is 18.2 Å². The fourth-order valence-electron chi connectivity index (χ4n) is 3.19. The Morgan fingerprint density at radius 1 is 1.35 bits per heavy atom. The minimum Gasteiger partial charge on any atom is -0.384 e. The number of benzene rings is 1. The number of fused-ring (bicyclic) bond motifs is 2. The van der Waals surface area contributed by atoms with Crippen molar-refractivity contribution in [1.82, 2.24) is 4.31 Å². The molecule has 1 aromatic carbocycles. The van der Waals surface area contributed by atoms with Crippen molar-refractivity contribution in [3.63, 3.8) is 0 Å². The third kappa shape index (κ3) is 2.35. The molecule has 0 radical (unpaired) electrons. The Kier molecular flexibility index (Phi) is 3.55. The van der Waals surface area contributed by atoms with Gasteiger partial charge in [0.05, 0.1) is 4.90 Å². The summed E-state index contributed by atoms with van der Waals surface area (Å²) >= 11 is 0. The summed E-state index contributed by atoms with van der Waals surface area (Å²) in [5.74, 6) is 5.82. The molecule has 4 nitrogen and oxygen atoms in total. The minimum absolute atomic E-state index is 0.178. The monoisotopic (exact) mass is 291 g/mol. The van der Waals surface area contributed by atoms with Gasteiger partial charge < -0.3 is 5.11 Å². The molecule has 2 unspecified atom stereocenters. The average Bonchev–Trinajstić information content (AvgIpc) is 3.08. The van der Waals surface area contributed by atoms with E-state index < -0.39 is 10.0 Å². The smallest absolute Gasteiger partial charge is 0.243 e. The van der Waals surface area contributed by atoms with Crippen LogP contribution in [-0.2, 0) is 10.0 Å². The Hall–Kier alpha value is -1.35. The van der Waals surface area contributed by atoms with Gasteiger partial charge in [0.25, 0.3) is 0 Å². The van der Waals surface area contributed by atoms with Gasteiger partial charge in [-0.15, -0.1) is 0 Å². The molecule has 5 heteroatoms. The van der Waals surface area contributed by atoms with Crippen molar-refractivity contribution in [2.45, 2.75) is 30.2 Å². The van der Waals surface area contributed by atoms with E-state index in [0.29, 0.717) is 22.9 Å². The Morgan fingerprint density at radius 3 is 2.85 bits per heavy atom. The fraction of sp³-hybridized carbons (Fsp3) is 0.467. The van der Waals surface area contributed by atoms with E-state index in [2.05, 4.69) is 11.8 Å². The summed E-state index contributed by atoms with van der Waals surface area (Å²) in [7, 11) is -3.41. The zero-order valence-electron chi connectivity index (χ0n) is 11.1. The maximum Gasteiger partial charge on any atom is 0.243 e. The summed E-state index contributed by atoms with van der Waals surface area (Å²) < 4.78 is 27.0. The second-order valence-corrected chi connectivity index (χ2v) is 7.29. The van der Waals surface area contributed by atoms with Crippen LogP contribution in [0.5, 0.6) is 0 Å². The predicted molar refractivity (Wildman–Crippen MR) is 75.4 cm³/mol. The Balaban J connectivity index is 1.91. The molecular weight excluding hydrogens is 274 g/mol. The normalized spacial score (nSPS) is 25.4. The molecule has 3 rings (SSSR count). The molecule has 1 aliphatic carbocycles. The first-order chi connectivity index (χ1) is 9.61. The third-order valence-electron chi connectivity index (χ3n) is 4.11. The molecular formula is C15H17NO3S. The SMILES string of the molecule is O=S(=O)(c1cccc(C#CCO)c1)N1CC2CCC1C2. The predicted octanol–water partition coefficient (Wildman–Crippen LogP) is 1.20. The third-order valence-corrected chi connectivity index (χ3v) is 6.03. The summed E-state index contributed by atoms with van der Waals surface area (Å²) in [5, 5.41) is 8.70. The molecule has 2 aliphatic rings. The topological polar surface area (TPSA) is 57.6 Å². The molecule has 1 aliphatic heterocycles. The first kappa shape index (κ1) is 13.6. The number of rotatable bonds is 2. The molecule has 1 N–H and O–H groups in total. The number of sulfonamides is 1. The van der Waals surface area contributed by atoms with E-state index in [4.69, 9.17) is 5.11 Å². The number of aliphatic hydroxyl groups is 1. The van der Waals surface area contributed by atoms with Crippen LogP contribution in [0.1, 0.15) is 24.8 Å². The number of nitrogens with zero attached hydrogens (tertiary/aromatic N) is 1. The molecule has 20 heavy (non-hydrogen) atoms. The lowest BCUT2D eigenvalue weighted by Gasteiger charge is -2.26. The van der Waals surface area contributed by atoms with Crippen molar-refractivity contribution in [3.8, 4) is 11.8 Å². The number of hydrogen-bond donors (Lipinski definition) is 1. The zero-order valence-corrected chi connectivity index (χ0v) is 11.9. The van der Waals surface area contributed by atoms with Crippen LogP contribution in [0.4, 0.5) is 0 Å². The molecule has 2 fully saturated rings. The molecule has 0 amide bonds. The van der Waals surface area contributed by atoms with Crippen molar-refractivity contribution in [2.24, 2.45) is 5.92 Å². The van der Waals surface area contributed by atoms with Crippen LogP contribution in [0.25, 0.3) is 0 Å². The molecule has 0 spiro atoms. The second-order valence-electron chi connectivity index (χ2n) is 5.40. The summed E-state index contributed by atoms with van der Waals surface area (Å²) in [4.78, 5) is 0.301. The average molecular weight is 291 g/mol. The lowest BCUT2D eigenvalue weighted by molar-refractivity contribution is 0.333. The summed E-state index contributed by atoms with van der Waals surface area (Å²) in [6.45, 7) is 0.423. The summed E-state index contributed by atoms with van der Waals surface area (Å²) in [5.41, 5.74) is 0.615.